The van der Waals surface area contributed by atoms with Gasteiger partial charge >= 0.3 is 6.18 Å². The van der Waals surface area contributed by atoms with Crippen LogP contribution in [-0.2, 0) is 6.18 Å². The molecule has 88 valence electrons. The van der Waals surface area contributed by atoms with Crippen LogP contribution in [0, 0.1) is 0 Å². The summed E-state index contributed by atoms with van der Waals surface area (Å²) >= 11 is 0. The van der Waals surface area contributed by atoms with E-state index in [9.17, 15) is 18.0 Å². The van der Waals surface area contributed by atoms with Crippen LogP contribution in [0.5, 0.6) is 0 Å². The van der Waals surface area contributed by atoms with E-state index in [0.29, 0.717) is 5.56 Å². The molecule has 17 heavy (non-hydrogen) atoms. The summed E-state index contributed by atoms with van der Waals surface area (Å²) in [6.45, 7) is 0. The largest absolute Gasteiger partial charge is 0.437 e. The SMILES string of the molecule is O=Cc1c(C(F)(F)F)noc1-c1ccccc1. The van der Waals surface area contributed by atoms with E-state index in [1.54, 1.807) is 18.2 Å². The minimum absolute atomic E-state index is 0.0989. The number of aldehydes is 1. The number of nitrogens with zero attached hydrogens (tertiary/aromatic N) is 1. The number of alkyl halides is 3. The van der Waals surface area contributed by atoms with Crippen LogP contribution in [0.2, 0.25) is 0 Å². The Bertz CT molecular complexity index is 531. The van der Waals surface area contributed by atoms with Gasteiger partial charge in [0, 0.05) is 5.56 Å². The molecule has 0 unspecified atom stereocenters. The molecule has 0 saturated carbocycles. The summed E-state index contributed by atoms with van der Waals surface area (Å²) in [7, 11) is 0. The van der Waals surface area contributed by atoms with Crippen molar-refractivity contribution in [3.05, 3.63) is 41.6 Å². The van der Waals surface area contributed by atoms with E-state index >= 15 is 0 Å². The Morgan fingerprint density at radius 2 is 1.82 bits per heavy atom. The number of hydrogen-bond acceptors (Lipinski definition) is 3. The molecule has 0 aliphatic carbocycles. The summed E-state index contributed by atoms with van der Waals surface area (Å²) in [6, 6.07) is 8.02. The maximum Gasteiger partial charge on any atom is 0.437 e. The number of aromatic nitrogens is 1. The quantitative estimate of drug-likeness (QED) is 0.758. The van der Waals surface area contributed by atoms with Gasteiger partial charge in [-0.15, -0.1) is 0 Å². The molecule has 0 fully saturated rings. The number of halogens is 3. The van der Waals surface area contributed by atoms with Crippen LogP contribution >= 0.6 is 0 Å². The van der Waals surface area contributed by atoms with Crippen LogP contribution in [0.15, 0.2) is 34.9 Å². The first-order valence-electron chi connectivity index (χ1n) is 4.61. The molecule has 1 heterocycles. The van der Waals surface area contributed by atoms with Crippen molar-refractivity contribution in [3.8, 4) is 11.3 Å². The maximum absolute atomic E-state index is 12.5. The molecule has 0 bridgehead atoms. The Morgan fingerprint density at radius 3 is 2.35 bits per heavy atom. The molecule has 2 rings (SSSR count). The van der Waals surface area contributed by atoms with Crippen molar-refractivity contribution in [2.75, 3.05) is 0 Å². The molecule has 0 atom stereocenters. The average Bonchev–Trinajstić information content (AvgIpc) is 2.73. The fourth-order valence-corrected chi connectivity index (χ4v) is 1.41. The van der Waals surface area contributed by atoms with Crippen LogP contribution in [0.4, 0.5) is 13.2 Å². The lowest BCUT2D eigenvalue weighted by Gasteiger charge is -2.01. The Hall–Kier alpha value is -2.11. The van der Waals surface area contributed by atoms with Gasteiger partial charge in [0.1, 0.15) is 0 Å². The number of carbonyl (C=O) groups is 1. The Kier molecular flexibility index (Phi) is 2.71. The van der Waals surface area contributed by atoms with Gasteiger partial charge in [-0.1, -0.05) is 35.5 Å². The van der Waals surface area contributed by atoms with Crippen molar-refractivity contribution in [3.63, 3.8) is 0 Å². The lowest BCUT2D eigenvalue weighted by atomic mass is 10.1. The zero-order chi connectivity index (χ0) is 12.5. The smallest absolute Gasteiger partial charge is 0.355 e. The molecule has 0 radical (unpaired) electrons. The predicted molar refractivity (Wildman–Crippen MR) is 52.3 cm³/mol. The summed E-state index contributed by atoms with van der Waals surface area (Å²) in [5.41, 5.74) is -1.51. The number of benzene rings is 1. The number of carbonyl (C=O) groups excluding carboxylic acids is 1. The van der Waals surface area contributed by atoms with Gasteiger partial charge < -0.3 is 4.52 Å². The lowest BCUT2D eigenvalue weighted by molar-refractivity contribution is -0.142. The van der Waals surface area contributed by atoms with Gasteiger partial charge in [-0.2, -0.15) is 13.2 Å². The van der Waals surface area contributed by atoms with Gasteiger partial charge in [0.15, 0.2) is 17.7 Å². The molecular formula is C11H6F3NO2. The Labute approximate surface area is 93.8 Å². The predicted octanol–water partition coefficient (Wildman–Crippen LogP) is 3.17. The fraction of sp³-hybridized carbons (Fsp3) is 0.0909. The summed E-state index contributed by atoms with van der Waals surface area (Å²) in [6.07, 6.45) is -4.60. The van der Waals surface area contributed by atoms with Gasteiger partial charge in [-0.05, 0) is 0 Å². The third-order valence-corrected chi connectivity index (χ3v) is 2.15. The van der Waals surface area contributed by atoms with Gasteiger partial charge in [0.2, 0.25) is 0 Å². The first-order valence-corrected chi connectivity index (χ1v) is 4.61. The van der Waals surface area contributed by atoms with Gasteiger partial charge in [-0.3, -0.25) is 4.79 Å². The zero-order valence-corrected chi connectivity index (χ0v) is 8.36. The summed E-state index contributed by atoms with van der Waals surface area (Å²) in [5, 5.41) is 2.90. The third kappa shape index (κ3) is 2.06. The van der Waals surface area contributed by atoms with Crippen molar-refractivity contribution < 1.29 is 22.5 Å². The van der Waals surface area contributed by atoms with Crippen LogP contribution < -0.4 is 0 Å². The van der Waals surface area contributed by atoms with Gasteiger partial charge in [0.25, 0.3) is 0 Å². The fourth-order valence-electron chi connectivity index (χ4n) is 1.41. The lowest BCUT2D eigenvalue weighted by Crippen LogP contribution is -2.08. The minimum Gasteiger partial charge on any atom is -0.355 e. The highest BCUT2D eigenvalue weighted by molar-refractivity contribution is 5.86. The molecule has 0 amide bonds. The van der Waals surface area contributed by atoms with E-state index in [1.807, 2.05) is 0 Å². The molecule has 2 aromatic rings. The normalized spacial score (nSPS) is 11.5. The average molecular weight is 241 g/mol. The summed E-state index contributed by atoms with van der Waals surface area (Å²) in [5.74, 6) is -0.173. The van der Waals surface area contributed by atoms with Crippen molar-refractivity contribution in [1.82, 2.24) is 5.16 Å². The third-order valence-electron chi connectivity index (χ3n) is 2.15. The molecule has 0 aliphatic rings. The maximum atomic E-state index is 12.5. The van der Waals surface area contributed by atoms with Crippen LogP contribution in [0.3, 0.4) is 0 Å². The van der Waals surface area contributed by atoms with E-state index in [-0.39, 0.29) is 12.0 Å². The Balaban J connectivity index is 2.58. The van der Waals surface area contributed by atoms with Crippen molar-refractivity contribution in [2.45, 2.75) is 6.18 Å². The van der Waals surface area contributed by atoms with Gasteiger partial charge in [-0.25, -0.2) is 0 Å². The molecule has 1 aromatic carbocycles. The molecule has 0 N–H and O–H groups in total. The second kappa shape index (κ2) is 4.04. The van der Waals surface area contributed by atoms with Crippen LogP contribution in [0.25, 0.3) is 11.3 Å². The zero-order valence-electron chi connectivity index (χ0n) is 8.36. The van der Waals surface area contributed by atoms with E-state index in [1.165, 1.54) is 12.1 Å². The van der Waals surface area contributed by atoms with E-state index < -0.39 is 17.4 Å². The summed E-state index contributed by atoms with van der Waals surface area (Å²) < 4.78 is 42.0. The van der Waals surface area contributed by atoms with E-state index in [0.717, 1.165) is 0 Å². The molecule has 0 aliphatic heterocycles. The molecule has 6 heteroatoms. The highest BCUT2D eigenvalue weighted by Crippen LogP contribution is 2.35. The van der Waals surface area contributed by atoms with Crippen LogP contribution in [-0.4, -0.2) is 11.4 Å². The standard InChI is InChI=1S/C11H6F3NO2/c12-11(13,14)10-8(6-16)9(17-15-10)7-4-2-1-3-5-7/h1-6H. The number of hydrogen-bond donors (Lipinski definition) is 0. The monoisotopic (exact) mass is 241 g/mol. The topological polar surface area (TPSA) is 43.1 Å². The highest BCUT2D eigenvalue weighted by Gasteiger charge is 2.39. The molecule has 1 aromatic heterocycles. The van der Waals surface area contributed by atoms with Crippen molar-refractivity contribution in [2.24, 2.45) is 0 Å². The first-order chi connectivity index (χ1) is 8.04. The Morgan fingerprint density at radius 1 is 1.18 bits per heavy atom. The summed E-state index contributed by atoms with van der Waals surface area (Å²) in [4.78, 5) is 10.7. The first kappa shape index (κ1) is 11.4. The molecule has 3 nitrogen and oxygen atoms in total. The van der Waals surface area contributed by atoms with Gasteiger partial charge in [0.05, 0.1) is 5.56 Å². The van der Waals surface area contributed by atoms with Crippen LogP contribution in [0.1, 0.15) is 16.1 Å². The van der Waals surface area contributed by atoms with Crippen molar-refractivity contribution >= 4 is 6.29 Å². The minimum atomic E-state index is -4.70. The second-order valence-electron chi connectivity index (χ2n) is 3.26. The van der Waals surface area contributed by atoms with E-state index in [4.69, 9.17) is 0 Å². The molecular weight excluding hydrogens is 235 g/mol. The highest BCUT2D eigenvalue weighted by atomic mass is 19.4. The molecule has 0 spiro atoms. The van der Waals surface area contributed by atoms with E-state index in [2.05, 4.69) is 9.68 Å². The second-order valence-corrected chi connectivity index (χ2v) is 3.26. The van der Waals surface area contributed by atoms with Crippen molar-refractivity contribution in [1.29, 1.82) is 0 Å². The molecule has 0 saturated heterocycles. The number of rotatable bonds is 2.